The average Bonchev–Trinajstić information content (AvgIpc) is 2.84. The molecule has 1 N–H and O–H groups in total. The van der Waals surface area contributed by atoms with E-state index in [0.29, 0.717) is 30.4 Å². The van der Waals surface area contributed by atoms with Gasteiger partial charge < -0.3 is 10.2 Å². The molecule has 164 valence electrons. The summed E-state index contributed by atoms with van der Waals surface area (Å²) in [6, 6.07) is 17.8. The summed E-state index contributed by atoms with van der Waals surface area (Å²) in [6.45, 7) is 3.24. The summed E-state index contributed by atoms with van der Waals surface area (Å²) in [5.41, 5.74) is 4.08. The second-order valence-corrected chi connectivity index (χ2v) is 8.21. The van der Waals surface area contributed by atoms with Gasteiger partial charge in [0.05, 0.1) is 11.3 Å². The standard InChI is InChI=1S/C26H28N4O2/c1-18-28-17-23(25(31)27-2)24(29-18)16-19-12-14-30(15-13-19)26(32)22-11-7-6-10-21(22)20-8-4-3-5-9-20/h3-11,17,19H,12-16H2,1-2H3,(H,27,31). The summed E-state index contributed by atoms with van der Waals surface area (Å²) in [5.74, 6) is 0.955. The lowest BCUT2D eigenvalue weighted by molar-refractivity contribution is 0.0691. The molecule has 0 bridgehead atoms. The SMILES string of the molecule is CNC(=O)c1cnc(C)nc1CC1CCN(C(=O)c2ccccc2-c2ccccc2)CC1. The van der Waals surface area contributed by atoms with E-state index >= 15 is 0 Å². The number of nitrogens with one attached hydrogen (secondary N) is 1. The van der Waals surface area contributed by atoms with E-state index in [1.165, 1.54) is 0 Å². The van der Waals surface area contributed by atoms with Crippen molar-refractivity contribution < 1.29 is 9.59 Å². The van der Waals surface area contributed by atoms with Gasteiger partial charge in [-0.3, -0.25) is 9.59 Å². The van der Waals surface area contributed by atoms with Gasteiger partial charge in [0, 0.05) is 31.9 Å². The zero-order valence-corrected chi connectivity index (χ0v) is 18.5. The molecule has 4 rings (SSSR count). The molecule has 1 saturated heterocycles. The first kappa shape index (κ1) is 21.7. The van der Waals surface area contributed by atoms with E-state index in [0.717, 1.165) is 41.6 Å². The van der Waals surface area contributed by atoms with Crippen molar-refractivity contribution in [2.45, 2.75) is 26.2 Å². The first-order valence-corrected chi connectivity index (χ1v) is 11.0. The van der Waals surface area contributed by atoms with Crippen LogP contribution in [0.15, 0.2) is 60.8 Å². The number of nitrogens with zero attached hydrogens (tertiary/aromatic N) is 3. The number of benzene rings is 2. The molecule has 1 fully saturated rings. The Bertz CT molecular complexity index is 1110. The van der Waals surface area contributed by atoms with Crippen LogP contribution >= 0.6 is 0 Å². The van der Waals surface area contributed by atoms with E-state index < -0.39 is 0 Å². The first-order valence-electron chi connectivity index (χ1n) is 11.0. The summed E-state index contributed by atoms with van der Waals surface area (Å²) >= 11 is 0. The molecular weight excluding hydrogens is 400 g/mol. The number of likely N-dealkylation sites (tertiary alicyclic amines) is 1. The minimum atomic E-state index is -0.162. The van der Waals surface area contributed by atoms with Crippen molar-refractivity contribution in [3.63, 3.8) is 0 Å². The molecule has 0 aliphatic carbocycles. The molecule has 6 nitrogen and oxygen atoms in total. The molecule has 0 spiro atoms. The van der Waals surface area contributed by atoms with E-state index in [4.69, 9.17) is 0 Å². The summed E-state index contributed by atoms with van der Waals surface area (Å²) in [7, 11) is 1.61. The van der Waals surface area contributed by atoms with Gasteiger partial charge in [-0.1, -0.05) is 48.5 Å². The van der Waals surface area contributed by atoms with Crippen LogP contribution in [0.25, 0.3) is 11.1 Å². The maximum atomic E-state index is 13.3. The van der Waals surface area contributed by atoms with E-state index in [1.54, 1.807) is 13.2 Å². The number of hydrogen-bond acceptors (Lipinski definition) is 4. The van der Waals surface area contributed by atoms with Gasteiger partial charge in [0.1, 0.15) is 5.82 Å². The molecule has 1 aliphatic rings. The smallest absolute Gasteiger partial charge is 0.254 e. The van der Waals surface area contributed by atoms with Gasteiger partial charge in [-0.25, -0.2) is 9.97 Å². The minimum Gasteiger partial charge on any atom is -0.355 e. The number of carbonyl (C=O) groups is 2. The summed E-state index contributed by atoms with van der Waals surface area (Å²) < 4.78 is 0. The third-order valence-electron chi connectivity index (χ3n) is 6.09. The summed E-state index contributed by atoms with van der Waals surface area (Å²) in [4.78, 5) is 36.2. The van der Waals surface area contributed by atoms with Crippen LogP contribution in [0.3, 0.4) is 0 Å². The zero-order valence-electron chi connectivity index (χ0n) is 18.5. The predicted molar refractivity (Wildman–Crippen MR) is 124 cm³/mol. The average molecular weight is 429 g/mol. The van der Waals surface area contributed by atoms with Gasteiger partial charge in [-0.15, -0.1) is 0 Å². The van der Waals surface area contributed by atoms with Gasteiger partial charge >= 0.3 is 0 Å². The maximum absolute atomic E-state index is 13.3. The van der Waals surface area contributed by atoms with Crippen molar-refractivity contribution in [1.82, 2.24) is 20.2 Å². The highest BCUT2D eigenvalue weighted by Gasteiger charge is 2.26. The van der Waals surface area contributed by atoms with E-state index in [1.807, 2.05) is 66.4 Å². The molecular formula is C26H28N4O2. The Balaban J connectivity index is 1.45. The molecule has 2 heterocycles. The Kier molecular flexibility index (Phi) is 6.59. The Labute approximate surface area is 188 Å². The molecule has 6 heteroatoms. The van der Waals surface area contributed by atoms with Crippen LogP contribution in [-0.2, 0) is 6.42 Å². The minimum absolute atomic E-state index is 0.0758. The Hall–Kier alpha value is -3.54. The van der Waals surface area contributed by atoms with Crippen LogP contribution in [0.5, 0.6) is 0 Å². The second-order valence-electron chi connectivity index (χ2n) is 8.21. The first-order chi connectivity index (χ1) is 15.6. The van der Waals surface area contributed by atoms with Crippen molar-refractivity contribution in [3.05, 3.63) is 83.4 Å². The van der Waals surface area contributed by atoms with Gasteiger partial charge in [0.15, 0.2) is 0 Å². The Morgan fingerprint density at radius 3 is 2.41 bits per heavy atom. The molecule has 1 aliphatic heterocycles. The number of rotatable bonds is 5. The molecule has 2 amide bonds. The monoisotopic (exact) mass is 428 g/mol. The molecule has 32 heavy (non-hydrogen) atoms. The summed E-state index contributed by atoms with van der Waals surface area (Å²) in [5, 5.41) is 2.67. The van der Waals surface area contributed by atoms with Gasteiger partial charge in [0.2, 0.25) is 0 Å². The molecule has 0 unspecified atom stereocenters. The van der Waals surface area contributed by atoms with Gasteiger partial charge in [0.25, 0.3) is 11.8 Å². The third kappa shape index (κ3) is 4.69. The van der Waals surface area contributed by atoms with E-state index in [2.05, 4.69) is 15.3 Å². The lowest BCUT2D eigenvalue weighted by atomic mass is 9.90. The molecule has 0 atom stereocenters. The highest BCUT2D eigenvalue weighted by Crippen LogP contribution is 2.28. The highest BCUT2D eigenvalue weighted by atomic mass is 16.2. The molecule has 2 aromatic carbocycles. The van der Waals surface area contributed by atoms with Crippen LogP contribution in [0.2, 0.25) is 0 Å². The topological polar surface area (TPSA) is 75.2 Å². The molecule has 1 aromatic heterocycles. The normalized spacial score (nSPS) is 14.2. The van der Waals surface area contributed by atoms with Crippen molar-refractivity contribution >= 4 is 11.8 Å². The van der Waals surface area contributed by atoms with Gasteiger partial charge in [-0.2, -0.15) is 0 Å². The van der Waals surface area contributed by atoms with Crippen LogP contribution in [0.4, 0.5) is 0 Å². The quantitative estimate of drug-likeness (QED) is 0.669. The lowest BCUT2D eigenvalue weighted by Gasteiger charge is -2.32. The fraction of sp³-hybridized carbons (Fsp3) is 0.308. The number of piperidine rings is 1. The second kappa shape index (κ2) is 9.73. The van der Waals surface area contributed by atoms with E-state index in [-0.39, 0.29) is 11.8 Å². The largest absolute Gasteiger partial charge is 0.355 e. The van der Waals surface area contributed by atoms with Crippen molar-refractivity contribution in [2.24, 2.45) is 5.92 Å². The van der Waals surface area contributed by atoms with Crippen molar-refractivity contribution in [1.29, 1.82) is 0 Å². The van der Waals surface area contributed by atoms with Crippen molar-refractivity contribution in [2.75, 3.05) is 20.1 Å². The molecule has 3 aromatic rings. The fourth-order valence-electron chi connectivity index (χ4n) is 4.32. The fourth-order valence-corrected chi connectivity index (χ4v) is 4.32. The van der Waals surface area contributed by atoms with Crippen molar-refractivity contribution in [3.8, 4) is 11.1 Å². The number of aryl methyl sites for hydroxylation is 1. The third-order valence-corrected chi connectivity index (χ3v) is 6.09. The van der Waals surface area contributed by atoms with Crippen LogP contribution in [0.1, 0.15) is 45.1 Å². The predicted octanol–water partition coefficient (Wildman–Crippen LogP) is 3.91. The Morgan fingerprint density at radius 2 is 1.69 bits per heavy atom. The van der Waals surface area contributed by atoms with Crippen LogP contribution in [0, 0.1) is 12.8 Å². The Morgan fingerprint density at radius 1 is 1.00 bits per heavy atom. The van der Waals surface area contributed by atoms with Crippen LogP contribution in [-0.4, -0.2) is 46.8 Å². The molecule has 0 radical (unpaired) electrons. The van der Waals surface area contributed by atoms with E-state index in [9.17, 15) is 9.59 Å². The zero-order chi connectivity index (χ0) is 22.5. The summed E-state index contributed by atoms with van der Waals surface area (Å²) in [6.07, 6.45) is 4.09. The highest BCUT2D eigenvalue weighted by molar-refractivity contribution is 6.01. The maximum Gasteiger partial charge on any atom is 0.254 e. The number of hydrogen-bond donors (Lipinski definition) is 1. The number of carbonyl (C=O) groups excluding carboxylic acids is 2. The lowest BCUT2D eigenvalue weighted by Crippen LogP contribution is -2.39. The number of amides is 2. The molecule has 0 saturated carbocycles. The number of aromatic nitrogens is 2. The van der Waals surface area contributed by atoms with Crippen LogP contribution < -0.4 is 5.32 Å². The van der Waals surface area contributed by atoms with Gasteiger partial charge in [-0.05, 0) is 49.3 Å².